The molecule has 0 spiro atoms. The van der Waals surface area contributed by atoms with Crippen molar-refractivity contribution in [1.82, 2.24) is 0 Å². The summed E-state index contributed by atoms with van der Waals surface area (Å²) in [6.07, 6.45) is 0. The molecular formula is F12P4Pt+2. The largest absolute Gasteiger partial charge is 2.00 e. The molecule has 112 valence electrons. The number of hydrogen-bond donors (Lipinski definition) is 0. The molecule has 0 unspecified atom stereocenters. The molecule has 17 heavy (non-hydrogen) atoms. The average Bonchev–Trinajstić information content (AvgIpc) is 1.76. The summed E-state index contributed by atoms with van der Waals surface area (Å²) in [6.45, 7) is 0. The van der Waals surface area contributed by atoms with Gasteiger partial charge < -0.3 is 0 Å². The van der Waals surface area contributed by atoms with Crippen LogP contribution < -0.4 is 0 Å². The summed E-state index contributed by atoms with van der Waals surface area (Å²) in [7, 11) is -16.5. The van der Waals surface area contributed by atoms with Crippen LogP contribution in [0.2, 0.25) is 0 Å². The van der Waals surface area contributed by atoms with Crippen LogP contribution in [0.15, 0.2) is 0 Å². The third-order valence-electron chi connectivity index (χ3n) is 0. The molecule has 17 heteroatoms. The third-order valence-corrected chi connectivity index (χ3v) is 0. The Morgan fingerprint density at radius 1 is 0.294 bits per heavy atom. The first kappa shape index (κ1) is 31.1. The molecule has 0 heterocycles. The fourth-order valence-corrected chi connectivity index (χ4v) is 0. The quantitative estimate of drug-likeness (QED) is 0.211. The predicted molar refractivity (Wildman–Crippen MR) is 41.0 cm³/mol. The number of rotatable bonds is 0. The molecule has 0 N–H and O–H groups in total. The van der Waals surface area contributed by atoms with Gasteiger partial charge in [0, 0.05) is 0 Å². The second-order valence-corrected chi connectivity index (χ2v) is 2.30. The van der Waals surface area contributed by atoms with Gasteiger partial charge in [0.05, 0.1) is 0 Å². The molecule has 0 aromatic rings. The maximum absolute atomic E-state index is 9.73. The van der Waals surface area contributed by atoms with Gasteiger partial charge in [-0.05, 0) is 0 Å². The van der Waals surface area contributed by atoms with Crippen LogP contribution in [0.3, 0.4) is 0 Å². The SMILES string of the molecule is FP(F)F.FP(F)F.FP(F)F.FP(F)F.[Pt+2]. The molecule has 0 fully saturated rings. The Hall–Kier alpha value is 1.57. The van der Waals surface area contributed by atoms with Gasteiger partial charge >= 0.3 is 56.5 Å². The second kappa shape index (κ2) is 26.2. The van der Waals surface area contributed by atoms with Crippen molar-refractivity contribution in [3.63, 3.8) is 0 Å². The molecule has 0 aromatic carbocycles. The van der Waals surface area contributed by atoms with E-state index in [9.17, 15) is 50.4 Å². The minimum Gasteiger partial charge on any atom is -0.152 e. The molecule has 0 saturated heterocycles. The van der Waals surface area contributed by atoms with E-state index in [1.54, 1.807) is 0 Å². The van der Waals surface area contributed by atoms with Gasteiger partial charge in [0.15, 0.2) is 0 Å². The Balaban J connectivity index is -0.0000000369. The summed E-state index contributed by atoms with van der Waals surface area (Å²) in [5.41, 5.74) is 0. The van der Waals surface area contributed by atoms with Gasteiger partial charge in [-0.3, -0.25) is 0 Å². The van der Waals surface area contributed by atoms with Gasteiger partial charge in [-0.25, -0.2) is 0 Å². The van der Waals surface area contributed by atoms with Crippen molar-refractivity contribution in [2.24, 2.45) is 0 Å². The normalized spacial score (nSPS) is 8.47. The summed E-state index contributed by atoms with van der Waals surface area (Å²) >= 11 is 0. The minimum atomic E-state index is -4.12. The zero-order valence-corrected chi connectivity index (χ0v) is 12.5. The monoisotopic (exact) mass is 547 g/mol. The molecule has 0 rings (SSSR count). The molecule has 0 aliphatic carbocycles. The van der Waals surface area contributed by atoms with Crippen LogP contribution in [-0.4, -0.2) is 0 Å². The molecule has 0 nitrogen and oxygen atoms in total. The van der Waals surface area contributed by atoms with E-state index in [1.165, 1.54) is 0 Å². The van der Waals surface area contributed by atoms with Crippen LogP contribution in [-0.2, 0) is 21.1 Å². The first-order chi connectivity index (χ1) is 6.93. The van der Waals surface area contributed by atoms with E-state index in [1.807, 2.05) is 0 Å². The summed E-state index contributed by atoms with van der Waals surface area (Å²) in [6, 6.07) is 0. The first-order valence-corrected chi connectivity index (χ1v) is 6.09. The Bertz CT molecular complexity index is 61.5. The zero-order valence-electron chi connectivity index (χ0n) is 6.64. The van der Waals surface area contributed by atoms with E-state index < -0.39 is 35.4 Å². The van der Waals surface area contributed by atoms with Crippen LogP contribution in [0.5, 0.6) is 0 Å². The second-order valence-electron chi connectivity index (χ2n) is 0.767. The average molecular weight is 547 g/mol. The molecule has 0 radical (unpaired) electrons. The van der Waals surface area contributed by atoms with Crippen molar-refractivity contribution in [3.8, 4) is 0 Å². The van der Waals surface area contributed by atoms with Gasteiger partial charge in [0.25, 0.3) is 0 Å². The molecule has 0 amide bonds. The maximum Gasteiger partial charge on any atom is 2.00 e. The van der Waals surface area contributed by atoms with Crippen molar-refractivity contribution in [2.75, 3.05) is 0 Å². The Morgan fingerprint density at radius 3 is 0.294 bits per heavy atom. The molecule has 0 bridgehead atoms. The standard InChI is InChI=1S/4F3P.Pt/c4*1-4(2)3;/q;;;;+2. The third kappa shape index (κ3) is 1730. The van der Waals surface area contributed by atoms with E-state index in [-0.39, 0.29) is 21.1 Å². The van der Waals surface area contributed by atoms with E-state index in [0.717, 1.165) is 0 Å². The predicted octanol–water partition coefficient (Wildman–Crippen LogP) is 8.48. The summed E-state index contributed by atoms with van der Waals surface area (Å²) < 4.78 is 117. The van der Waals surface area contributed by atoms with Crippen LogP contribution in [0, 0.1) is 0 Å². The van der Waals surface area contributed by atoms with Gasteiger partial charge in [-0.1, -0.05) is 0 Å². The van der Waals surface area contributed by atoms with Crippen LogP contribution >= 0.6 is 35.4 Å². The van der Waals surface area contributed by atoms with Gasteiger partial charge in [-0.15, -0.1) is 0 Å². The molecule has 0 aromatic heterocycles. The minimum absolute atomic E-state index is 0. The van der Waals surface area contributed by atoms with Crippen LogP contribution in [0.1, 0.15) is 0 Å². The topological polar surface area (TPSA) is 0 Å². The fourth-order valence-electron chi connectivity index (χ4n) is 0. The van der Waals surface area contributed by atoms with Crippen molar-refractivity contribution in [2.45, 2.75) is 0 Å². The van der Waals surface area contributed by atoms with Crippen LogP contribution in [0.25, 0.3) is 0 Å². The van der Waals surface area contributed by atoms with Gasteiger partial charge in [0.1, 0.15) is 0 Å². The van der Waals surface area contributed by atoms with Gasteiger partial charge in [0.2, 0.25) is 0 Å². The maximum atomic E-state index is 9.73. The smallest absolute Gasteiger partial charge is 0.152 e. The van der Waals surface area contributed by atoms with Crippen molar-refractivity contribution >= 4 is 35.4 Å². The van der Waals surface area contributed by atoms with E-state index in [4.69, 9.17) is 0 Å². The van der Waals surface area contributed by atoms with E-state index in [0.29, 0.717) is 0 Å². The molecule has 0 aliphatic heterocycles. The summed E-state index contributed by atoms with van der Waals surface area (Å²) in [5, 5.41) is 0. The summed E-state index contributed by atoms with van der Waals surface area (Å²) in [5.74, 6) is 0. The Kier molecular flexibility index (Phi) is 48.0. The fraction of sp³-hybridized carbons (Fsp3) is 0. The number of halogens is 12. The summed E-state index contributed by atoms with van der Waals surface area (Å²) in [4.78, 5) is 0. The first-order valence-electron chi connectivity index (χ1n) is 2.03. The molecule has 0 atom stereocenters. The van der Waals surface area contributed by atoms with E-state index in [2.05, 4.69) is 0 Å². The molecule has 0 aliphatic rings. The molecular weight excluding hydrogens is 547 g/mol. The van der Waals surface area contributed by atoms with Crippen molar-refractivity contribution in [3.05, 3.63) is 0 Å². The number of hydrogen-bond acceptors (Lipinski definition) is 0. The van der Waals surface area contributed by atoms with E-state index >= 15 is 0 Å². The Morgan fingerprint density at radius 2 is 0.294 bits per heavy atom. The van der Waals surface area contributed by atoms with Crippen molar-refractivity contribution < 1.29 is 71.4 Å². The zero-order chi connectivity index (χ0) is 14.3. The van der Waals surface area contributed by atoms with Crippen LogP contribution in [0.4, 0.5) is 50.4 Å². The van der Waals surface area contributed by atoms with Crippen molar-refractivity contribution in [1.29, 1.82) is 0 Å². The Labute approximate surface area is 107 Å². The van der Waals surface area contributed by atoms with Gasteiger partial charge in [-0.2, -0.15) is 50.4 Å². The molecule has 0 saturated carbocycles.